The van der Waals surface area contributed by atoms with E-state index in [1.54, 1.807) is 13.8 Å². The lowest BCUT2D eigenvalue weighted by molar-refractivity contribution is -0.656. The third-order valence-electron chi connectivity index (χ3n) is 11.8. The van der Waals surface area contributed by atoms with Crippen LogP contribution >= 0.6 is 0 Å². The Balaban J connectivity index is 1.49. The molecule has 1 aliphatic heterocycles. The standard InChI is InChI=1S/C31H49NO9/c1-17(8-11-26(32)35)21-9-10-22-27-23(15-25(30(21,22)7)37-19(3)34)29(6)12-13-31(40-38-28(4,5)39-41-31)16-20(29)14-24(27)36-18(2)33/h17,20-25,27H,8-16H2,1-7H3,(H2,32,35)/t17-,20-,21-,22+,23+,24-,25+,27+,29+,30-/m1/s1. The van der Waals surface area contributed by atoms with E-state index >= 15 is 0 Å². The highest BCUT2D eigenvalue weighted by Crippen LogP contribution is 2.70. The van der Waals surface area contributed by atoms with E-state index < -0.39 is 11.6 Å². The molecule has 232 valence electrons. The molecule has 4 aliphatic carbocycles. The normalized spacial score (nSPS) is 43.2. The molecule has 0 aromatic heterocycles. The number of ether oxygens (including phenoxy) is 2. The summed E-state index contributed by atoms with van der Waals surface area (Å²) in [7, 11) is 0. The van der Waals surface area contributed by atoms with Crippen molar-refractivity contribution in [2.45, 2.75) is 130 Å². The van der Waals surface area contributed by atoms with Crippen LogP contribution in [0.2, 0.25) is 0 Å². The molecule has 5 rings (SSSR count). The Hall–Kier alpha value is -1.75. The van der Waals surface area contributed by atoms with E-state index in [4.69, 9.17) is 34.8 Å². The van der Waals surface area contributed by atoms with Crippen LogP contribution in [0.3, 0.4) is 0 Å². The Morgan fingerprint density at radius 1 is 0.902 bits per heavy atom. The summed E-state index contributed by atoms with van der Waals surface area (Å²) in [6.45, 7) is 13.2. The van der Waals surface area contributed by atoms with E-state index in [2.05, 4.69) is 20.8 Å². The molecule has 1 amide bonds. The molecule has 0 unspecified atom stereocenters. The van der Waals surface area contributed by atoms with Crippen LogP contribution in [0.4, 0.5) is 0 Å². The molecule has 41 heavy (non-hydrogen) atoms. The Morgan fingerprint density at radius 3 is 2.17 bits per heavy atom. The topological polar surface area (TPSA) is 133 Å². The first-order chi connectivity index (χ1) is 19.1. The second-order valence-corrected chi connectivity index (χ2v) is 14.6. The Bertz CT molecular complexity index is 1040. The van der Waals surface area contributed by atoms with Crippen LogP contribution in [0.5, 0.6) is 0 Å². The van der Waals surface area contributed by atoms with Gasteiger partial charge in [-0.3, -0.25) is 14.4 Å². The van der Waals surface area contributed by atoms with Crippen LogP contribution in [0.1, 0.15) is 106 Å². The van der Waals surface area contributed by atoms with Gasteiger partial charge in [0.25, 0.3) is 0 Å². The predicted octanol–water partition coefficient (Wildman–Crippen LogP) is 4.97. The van der Waals surface area contributed by atoms with Gasteiger partial charge >= 0.3 is 11.9 Å². The van der Waals surface area contributed by atoms with Crippen LogP contribution in [-0.4, -0.2) is 41.6 Å². The molecule has 10 atom stereocenters. The Kier molecular flexibility index (Phi) is 8.05. The summed E-state index contributed by atoms with van der Waals surface area (Å²) in [5.74, 6) is -1.73. The molecule has 4 saturated carbocycles. The second-order valence-electron chi connectivity index (χ2n) is 14.6. The van der Waals surface area contributed by atoms with Gasteiger partial charge in [0.1, 0.15) is 12.2 Å². The average Bonchev–Trinajstić information content (AvgIpc) is 3.23. The zero-order valence-electron chi connectivity index (χ0n) is 25.7. The predicted molar refractivity (Wildman–Crippen MR) is 146 cm³/mol. The van der Waals surface area contributed by atoms with E-state index in [9.17, 15) is 14.4 Å². The van der Waals surface area contributed by atoms with Crippen LogP contribution in [0.15, 0.2) is 0 Å². The van der Waals surface area contributed by atoms with Crippen molar-refractivity contribution in [2.75, 3.05) is 0 Å². The molecule has 0 aromatic rings. The molecule has 10 heteroatoms. The van der Waals surface area contributed by atoms with Crippen LogP contribution < -0.4 is 5.73 Å². The van der Waals surface area contributed by atoms with E-state index in [-0.39, 0.29) is 76.4 Å². The maximum atomic E-state index is 12.5. The van der Waals surface area contributed by atoms with Crippen LogP contribution in [-0.2, 0) is 43.4 Å². The van der Waals surface area contributed by atoms with E-state index in [1.807, 2.05) is 0 Å². The molecular formula is C31H49NO9. The van der Waals surface area contributed by atoms with E-state index in [0.29, 0.717) is 38.5 Å². The Labute approximate surface area is 243 Å². The van der Waals surface area contributed by atoms with Gasteiger partial charge in [-0.25, -0.2) is 0 Å². The van der Waals surface area contributed by atoms with E-state index in [0.717, 1.165) is 19.3 Å². The molecular weight excluding hydrogens is 530 g/mol. The van der Waals surface area contributed by atoms with Gasteiger partial charge in [0.2, 0.25) is 17.5 Å². The van der Waals surface area contributed by atoms with Crippen molar-refractivity contribution in [1.29, 1.82) is 0 Å². The first-order valence-corrected chi connectivity index (χ1v) is 15.5. The van der Waals surface area contributed by atoms with Gasteiger partial charge in [-0.15, -0.1) is 0 Å². The van der Waals surface area contributed by atoms with Crippen molar-refractivity contribution in [3.05, 3.63) is 0 Å². The molecule has 5 aliphatic rings. The van der Waals surface area contributed by atoms with Crippen LogP contribution in [0, 0.1) is 46.3 Å². The van der Waals surface area contributed by atoms with Crippen molar-refractivity contribution < 1.29 is 43.4 Å². The molecule has 5 fully saturated rings. The number of carbonyl (C=O) groups excluding carboxylic acids is 3. The summed E-state index contributed by atoms with van der Waals surface area (Å²) < 4.78 is 12.4. The number of carbonyl (C=O) groups is 3. The largest absolute Gasteiger partial charge is 0.462 e. The number of hydrogen-bond donors (Lipinski definition) is 1. The highest BCUT2D eigenvalue weighted by molar-refractivity contribution is 5.73. The molecule has 2 N–H and O–H groups in total. The number of nitrogens with two attached hydrogens (primary N) is 1. The lowest BCUT2D eigenvalue weighted by Gasteiger charge is -2.65. The van der Waals surface area contributed by atoms with Crippen molar-refractivity contribution in [3.8, 4) is 0 Å². The van der Waals surface area contributed by atoms with Gasteiger partial charge in [-0.2, -0.15) is 19.6 Å². The molecule has 10 nitrogen and oxygen atoms in total. The fraction of sp³-hybridized carbons (Fsp3) is 0.903. The first-order valence-electron chi connectivity index (χ1n) is 15.5. The SMILES string of the molecule is CC(=O)O[C@H]1C[C@H]2[C@@H]([C@H](OC(C)=O)C[C@@H]3CC4(CC[C@@]32C)OOC(C)(C)OO4)[C@@H]2CC[C@H]([C@H](C)CCC(N)=O)[C@@]12C. The number of esters is 2. The average molecular weight is 580 g/mol. The van der Waals surface area contributed by atoms with Crippen molar-refractivity contribution in [1.82, 2.24) is 0 Å². The van der Waals surface area contributed by atoms with Crippen molar-refractivity contribution >= 4 is 17.8 Å². The maximum Gasteiger partial charge on any atom is 0.302 e. The second kappa shape index (κ2) is 10.8. The smallest absolute Gasteiger partial charge is 0.302 e. The highest BCUT2D eigenvalue weighted by Gasteiger charge is 2.69. The fourth-order valence-corrected chi connectivity index (χ4v) is 9.86. The zero-order valence-corrected chi connectivity index (χ0v) is 25.7. The third-order valence-corrected chi connectivity index (χ3v) is 11.8. The minimum Gasteiger partial charge on any atom is -0.462 e. The molecule has 0 aromatic carbocycles. The Morgan fingerprint density at radius 2 is 1.56 bits per heavy atom. The number of amides is 1. The first kappa shape index (κ1) is 30.7. The molecule has 0 radical (unpaired) electrons. The summed E-state index contributed by atoms with van der Waals surface area (Å²) in [5.41, 5.74) is 5.09. The zero-order chi connectivity index (χ0) is 30.0. The van der Waals surface area contributed by atoms with Crippen molar-refractivity contribution in [2.24, 2.45) is 52.1 Å². The van der Waals surface area contributed by atoms with Gasteiger partial charge < -0.3 is 15.2 Å². The minimum absolute atomic E-state index is 0.109. The van der Waals surface area contributed by atoms with Gasteiger partial charge in [0, 0.05) is 44.4 Å². The van der Waals surface area contributed by atoms with E-state index in [1.165, 1.54) is 13.8 Å². The lowest BCUT2D eigenvalue weighted by atomic mass is 9.42. The van der Waals surface area contributed by atoms with Gasteiger partial charge in [-0.05, 0) is 87.4 Å². The summed E-state index contributed by atoms with van der Waals surface area (Å²) >= 11 is 0. The third kappa shape index (κ3) is 5.43. The van der Waals surface area contributed by atoms with Gasteiger partial charge in [0.05, 0.1) is 0 Å². The summed E-state index contributed by atoms with van der Waals surface area (Å²) in [6.07, 6.45) is 5.82. The van der Waals surface area contributed by atoms with Crippen molar-refractivity contribution in [3.63, 3.8) is 0 Å². The lowest BCUT2D eigenvalue weighted by Crippen LogP contribution is -2.65. The molecule has 0 bridgehead atoms. The van der Waals surface area contributed by atoms with Gasteiger partial charge in [-0.1, -0.05) is 20.8 Å². The molecule has 1 saturated heterocycles. The molecule has 1 spiro atoms. The van der Waals surface area contributed by atoms with Gasteiger partial charge in [0.15, 0.2) is 0 Å². The highest BCUT2D eigenvalue weighted by atomic mass is 17.4. The number of hydrogen-bond acceptors (Lipinski definition) is 9. The fourth-order valence-electron chi connectivity index (χ4n) is 9.86. The summed E-state index contributed by atoms with van der Waals surface area (Å²) in [6, 6.07) is 0. The van der Waals surface area contributed by atoms with Crippen LogP contribution in [0.25, 0.3) is 0 Å². The minimum atomic E-state index is -1.01. The quantitative estimate of drug-likeness (QED) is 0.342. The summed E-state index contributed by atoms with van der Waals surface area (Å²) in [5, 5.41) is 0. The summed E-state index contributed by atoms with van der Waals surface area (Å²) in [4.78, 5) is 59.4. The monoisotopic (exact) mass is 579 g/mol. The molecule has 1 heterocycles. The number of primary amides is 1. The maximum absolute atomic E-state index is 12.5. The number of rotatable bonds is 6. The number of fused-ring (bicyclic) bond motifs is 5.